The molecule has 18 heavy (non-hydrogen) atoms. The molecule has 5 nitrogen and oxygen atoms in total. The first-order valence-electron chi connectivity index (χ1n) is 5.10. The van der Waals surface area contributed by atoms with Crippen molar-refractivity contribution >= 4 is 23.8 Å². The van der Waals surface area contributed by atoms with Gasteiger partial charge in [0.1, 0.15) is 22.4 Å². The van der Waals surface area contributed by atoms with E-state index in [1.807, 2.05) is 6.26 Å². The van der Waals surface area contributed by atoms with Crippen LogP contribution in [0.25, 0.3) is 0 Å². The minimum atomic E-state index is 0.203. The van der Waals surface area contributed by atoms with Crippen molar-refractivity contribution in [2.24, 2.45) is 4.99 Å². The Morgan fingerprint density at radius 2 is 2.17 bits per heavy atom. The summed E-state index contributed by atoms with van der Waals surface area (Å²) in [6.45, 7) is 0. The van der Waals surface area contributed by atoms with E-state index in [4.69, 9.17) is 10.4 Å². The average molecular weight is 258 g/mol. The highest BCUT2D eigenvalue weighted by Gasteiger charge is 2.10. The first kappa shape index (κ1) is 12.2. The molecule has 0 aliphatic heterocycles. The zero-order valence-corrected chi connectivity index (χ0v) is 10.4. The van der Waals surface area contributed by atoms with Crippen LogP contribution in [0.2, 0.25) is 0 Å². The van der Waals surface area contributed by atoms with Crippen molar-refractivity contribution in [3.05, 3.63) is 35.4 Å². The molecule has 1 heterocycles. The quantitative estimate of drug-likeness (QED) is 0.654. The summed E-state index contributed by atoms with van der Waals surface area (Å²) in [6.07, 6.45) is 3.46. The van der Waals surface area contributed by atoms with Crippen molar-refractivity contribution < 1.29 is 5.11 Å². The largest absolute Gasteiger partial charge is 0.508 e. The van der Waals surface area contributed by atoms with Crippen LogP contribution in [0.1, 0.15) is 11.1 Å². The van der Waals surface area contributed by atoms with E-state index in [0.717, 1.165) is 5.56 Å². The molecule has 6 heteroatoms. The summed E-state index contributed by atoms with van der Waals surface area (Å²) >= 11 is 1.42. The van der Waals surface area contributed by atoms with Gasteiger partial charge in [0.2, 0.25) is 0 Å². The van der Waals surface area contributed by atoms with Crippen LogP contribution in [0, 0.1) is 11.3 Å². The number of phenols is 1. The Morgan fingerprint density at radius 3 is 2.78 bits per heavy atom. The Bertz CT molecular complexity index is 610. The molecule has 90 valence electrons. The maximum atomic E-state index is 9.15. The summed E-state index contributed by atoms with van der Waals surface area (Å²) in [6, 6.07) is 8.68. The highest BCUT2D eigenvalue weighted by Crippen LogP contribution is 2.25. The molecule has 2 aromatic rings. The van der Waals surface area contributed by atoms with Crippen molar-refractivity contribution in [2.45, 2.75) is 5.03 Å². The Morgan fingerprint density at radius 1 is 1.44 bits per heavy atom. The van der Waals surface area contributed by atoms with E-state index >= 15 is 0 Å². The van der Waals surface area contributed by atoms with Gasteiger partial charge in [-0.3, -0.25) is 5.10 Å². The molecular formula is C12H10N4OS. The standard InChI is InChI=1S/C12H10N4OS/c1-18-12-10(6-13)11(15-16-12)14-7-8-2-4-9(17)5-3-8/h2-5,7,17H,1H3,(H,15,16)/b14-7+. The molecule has 0 fully saturated rings. The van der Waals surface area contributed by atoms with Crippen molar-refractivity contribution in [3.8, 4) is 11.8 Å². The van der Waals surface area contributed by atoms with Crippen LogP contribution in [-0.4, -0.2) is 27.8 Å². The van der Waals surface area contributed by atoms with E-state index in [2.05, 4.69) is 21.3 Å². The maximum absolute atomic E-state index is 9.15. The molecule has 0 saturated carbocycles. The monoisotopic (exact) mass is 258 g/mol. The van der Waals surface area contributed by atoms with Gasteiger partial charge >= 0.3 is 0 Å². The summed E-state index contributed by atoms with van der Waals surface area (Å²) in [4.78, 5) is 4.16. The number of benzene rings is 1. The number of nitrogens with one attached hydrogen (secondary N) is 1. The predicted octanol–water partition coefficient (Wildman–Crippen LogP) is 2.46. The molecule has 2 rings (SSSR count). The topological polar surface area (TPSA) is 85.1 Å². The molecule has 0 saturated heterocycles. The number of aromatic amines is 1. The molecule has 2 N–H and O–H groups in total. The van der Waals surface area contributed by atoms with Gasteiger partial charge in [0, 0.05) is 6.21 Å². The van der Waals surface area contributed by atoms with Crippen molar-refractivity contribution in [1.29, 1.82) is 5.26 Å². The first-order chi connectivity index (χ1) is 8.74. The molecule has 0 atom stereocenters. The first-order valence-corrected chi connectivity index (χ1v) is 6.32. The zero-order chi connectivity index (χ0) is 13.0. The smallest absolute Gasteiger partial charge is 0.192 e. The summed E-state index contributed by atoms with van der Waals surface area (Å²) in [5.41, 5.74) is 1.27. The van der Waals surface area contributed by atoms with Gasteiger partial charge in [-0.25, -0.2) is 4.99 Å². The third-order valence-electron chi connectivity index (χ3n) is 2.26. The second-order valence-electron chi connectivity index (χ2n) is 3.42. The van der Waals surface area contributed by atoms with Gasteiger partial charge in [-0.15, -0.1) is 11.8 Å². The predicted molar refractivity (Wildman–Crippen MR) is 70.4 cm³/mol. The number of aromatic nitrogens is 2. The number of aliphatic imine (C=N–C) groups is 1. The molecule has 0 unspecified atom stereocenters. The third kappa shape index (κ3) is 2.52. The SMILES string of the molecule is CSc1[nH]nc(/N=C/c2ccc(O)cc2)c1C#N. The van der Waals surface area contributed by atoms with Gasteiger partial charge in [-0.2, -0.15) is 10.4 Å². The van der Waals surface area contributed by atoms with Crippen LogP contribution >= 0.6 is 11.8 Å². The van der Waals surface area contributed by atoms with E-state index in [9.17, 15) is 0 Å². The molecule has 0 amide bonds. The molecule has 0 bridgehead atoms. The minimum absolute atomic E-state index is 0.203. The van der Waals surface area contributed by atoms with Crippen LogP contribution in [-0.2, 0) is 0 Å². The molecule has 0 radical (unpaired) electrons. The Balaban J connectivity index is 2.26. The van der Waals surface area contributed by atoms with Crippen LogP contribution in [0.4, 0.5) is 5.82 Å². The number of thioether (sulfide) groups is 1. The number of hydrogen-bond donors (Lipinski definition) is 2. The van der Waals surface area contributed by atoms with Crippen LogP contribution in [0.15, 0.2) is 34.3 Å². The van der Waals surface area contributed by atoms with Crippen LogP contribution < -0.4 is 0 Å². The lowest BCUT2D eigenvalue weighted by molar-refractivity contribution is 0.475. The summed E-state index contributed by atoms with van der Waals surface area (Å²) < 4.78 is 0. The molecule has 1 aromatic heterocycles. The van der Waals surface area contributed by atoms with Gasteiger partial charge in [0.25, 0.3) is 0 Å². The summed E-state index contributed by atoms with van der Waals surface area (Å²) in [5.74, 6) is 0.573. The van der Waals surface area contributed by atoms with Crippen LogP contribution in [0.3, 0.4) is 0 Å². The minimum Gasteiger partial charge on any atom is -0.508 e. The van der Waals surface area contributed by atoms with E-state index in [1.54, 1.807) is 30.5 Å². The van der Waals surface area contributed by atoms with Gasteiger partial charge in [-0.1, -0.05) is 0 Å². The van der Waals surface area contributed by atoms with Gasteiger partial charge in [0.15, 0.2) is 5.82 Å². The molecule has 0 aliphatic carbocycles. The maximum Gasteiger partial charge on any atom is 0.192 e. The van der Waals surface area contributed by atoms with Gasteiger partial charge in [0.05, 0.1) is 0 Å². The highest BCUT2D eigenvalue weighted by atomic mass is 32.2. The second kappa shape index (κ2) is 5.38. The van der Waals surface area contributed by atoms with E-state index < -0.39 is 0 Å². The fourth-order valence-electron chi connectivity index (χ4n) is 1.36. The van der Waals surface area contributed by atoms with Crippen LogP contribution in [0.5, 0.6) is 5.75 Å². The van der Waals surface area contributed by atoms with Crippen molar-refractivity contribution in [3.63, 3.8) is 0 Å². The number of aromatic hydroxyl groups is 1. The van der Waals surface area contributed by atoms with E-state index in [-0.39, 0.29) is 5.75 Å². The van der Waals surface area contributed by atoms with Gasteiger partial charge < -0.3 is 5.11 Å². The average Bonchev–Trinajstić information content (AvgIpc) is 2.80. The fraction of sp³-hybridized carbons (Fsp3) is 0.0833. The zero-order valence-electron chi connectivity index (χ0n) is 9.58. The van der Waals surface area contributed by atoms with Gasteiger partial charge in [-0.05, 0) is 36.1 Å². The van der Waals surface area contributed by atoms with Crippen molar-refractivity contribution in [2.75, 3.05) is 6.26 Å². The number of H-pyrrole nitrogens is 1. The number of nitriles is 1. The van der Waals surface area contributed by atoms with Crippen molar-refractivity contribution in [1.82, 2.24) is 10.2 Å². The van der Waals surface area contributed by atoms with E-state index in [1.165, 1.54) is 11.8 Å². The highest BCUT2D eigenvalue weighted by molar-refractivity contribution is 7.98. The fourth-order valence-corrected chi connectivity index (χ4v) is 1.83. The Hall–Kier alpha value is -2.26. The molecule has 0 spiro atoms. The number of hydrogen-bond acceptors (Lipinski definition) is 5. The third-order valence-corrected chi connectivity index (χ3v) is 2.96. The Labute approximate surface area is 108 Å². The lowest BCUT2D eigenvalue weighted by Crippen LogP contribution is -1.80. The Kier molecular flexibility index (Phi) is 3.65. The summed E-state index contributed by atoms with van der Waals surface area (Å²) in [5, 5.41) is 25.6. The number of phenolic OH excluding ortho intramolecular Hbond substituents is 1. The lowest BCUT2D eigenvalue weighted by Gasteiger charge is -1.93. The molecule has 0 aliphatic rings. The number of nitrogens with zero attached hydrogens (tertiary/aromatic N) is 3. The normalized spacial score (nSPS) is 10.7. The summed E-state index contributed by atoms with van der Waals surface area (Å²) in [7, 11) is 0. The van der Waals surface area contributed by atoms with E-state index in [0.29, 0.717) is 16.4 Å². The molecular weight excluding hydrogens is 248 g/mol. The lowest BCUT2D eigenvalue weighted by atomic mass is 10.2. The second-order valence-corrected chi connectivity index (χ2v) is 4.23. The molecule has 1 aromatic carbocycles. The number of rotatable bonds is 3.